The number of rotatable bonds is 3. The summed E-state index contributed by atoms with van der Waals surface area (Å²) < 4.78 is 0. The van der Waals surface area contributed by atoms with Crippen LogP contribution in [0.3, 0.4) is 0 Å². The normalized spacial score (nSPS) is 10.6. The average molecular weight is 249 g/mol. The van der Waals surface area contributed by atoms with Gasteiger partial charge in [-0.1, -0.05) is 18.2 Å². The molecule has 0 saturated carbocycles. The average Bonchev–Trinajstić information content (AvgIpc) is 2.47. The summed E-state index contributed by atoms with van der Waals surface area (Å²) in [5, 5.41) is 4.43. The molecule has 3 aromatic rings. The fourth-order valence-electron chi connectivity index (χ4n) is 2.11. The first-order valence-corrected chi connectivity index (χ1v) is 6.42. The number of nitrogens with zero attached hydrogens (tertiary/aromatic N) is 2. The summed E-state index contributed by atoms with van der Waals surface area (Å²) in [4.78, 5) is 8.89. The van der Waals surface area contributed by atoms with E-state index in [1.807, 2.05) is 36.7 Å². The molecule has 3 rings (SSSR count). The number of hydrogen-bond donors (Lipinski definition) is 1. The molecule has 0 spiro atoms. The zero-order chi connectivity index (χ0) is 13.1. The summed E-state index contributed by atoms with van der Waals surface area (Å²) in [6.07, 6.45) is 3.70. The fraction of sp³-hybridized carbons (Fsp3) is 0.125. The number of anilines is 1. The maximum Gasteiger partial charge on any atom is 0.0738 e. The molecule has 2 heterocycles. The van der Waals surface area contributed by atoms with Gasteiger partial charge in [0.1, 0.15) is 0 Å². The third-order valence-corrected chi connectivity index (χ3v) is 3.03. The highest BCUT2D eigenvalue weighted by atomic mass is 14.9. The summed E-state index contributed by atoms with van der Waals surface area (Å²) in [6.45, 7) is 2.98. The van der Waals surface area contributed by atoms with E-state index in [0.717, 1.165) is 34.4 Å². The Bertz CT molecular complexity index is 707. The Morgan fingerprint density at radius 2 is 1.95 bits per heavy atom. The van der Waals surface area contributed by atoms with E-state index < -0.39 is 0 Å². The molecule has 19 heavy (non-hydrogen) atoms. The number of nitrogens with one attached hydrogen (secondary N) is 1. The van der Waals surface area contributed by atoms with Crippen LogP contribution in [0.1, 0.15) is 6.92 Å². The number of hydrogen-bond acceptors (Lipinski definition) is 3. The van der Waals surface area contributed by atoms with Crippen molar-refractivity contribution in [2.75, 3.05) is 11.9 Å². The molecule has 1 N–H and O–H groups in total. The largest absolute Gasteiger partial charge is 0.385 e. The molecule has 3 nitrogen and oxygen atoms in total. The van der Waals surface area contributed by atoms with Gasteiger partial charge < -0.3 is 5.32 Å². The standard InChI is InChI=1S/C16H15N3/c1-2-17-14-7-8-18-16(10-14)13-9-12-5-3-4-6-15(12)19-11-13/h3-11H,2H2,1H3,(H,17,18). The minimum atomic E-state index is 0.902. The highest BCUT2D eigenvalue weighted by Crippen LogP contribution is 2.22. The van der Waals surface area contributed by atoms with Gasteiger partial charge in [0, 0.05) is 35.6 Å². The van der Waals surface area contributed by atoms with Gasteiger partial charge in [-0.2, -0.15) is 0 Å². The van der Waals surface area contributed by atoms with Gasteiger partial charge in [0.2, 0.25) is 0 Å². The third-order valence-electron chi connectivity index (χ3n) is 3.03. The first kappa shape index (κ1) is 11.7. The number of benzene rings is 1. The maximum absolute atomic E-state index is 4.47. The lowest BCUT2D eigenvalue weighted by Gasteiger charge is -2.06. The number of aromatic nitrogens is 2. The van der Waals surface area contributed by atoms with Crippen molar-refractivity contribution in [2.24, 2.45) is 0 Å². The molecule has 0 aliphatic carbocycles. The molecule has 0 bridgehead atoms. The van der Waals surface area contributed by atoms with Gasteiger partial charge in [-0.3, -0.25) is 9.97 Å². The molecule has 0 aliphatic heterocycles. The van der Waals surface area contributed by atoms with Crippen molar-refractivity contribution >= 4 is 16.6 Å². The topological polar surface area (TPSA) is 37.8 Å². The molecule has 0 atom stereocenters. The van der Waals surface area contributed by atoms with Crippen LogP contribution in [0.2, 0.25) is 0 Å². The lowest BCUT2D eigenvalue weighted by atomic mass is 10.1. The molecular weight excluding hydrogens is 234 g/mol. The number of pyridine rings is 2. The summed E-state index contributed by atoms with van der Waals surface area (Å²) in [6, 6.07) is 14.3. The highest BCUT2D eigenvalue weighted by molar-refractivity contribution is 5.83. The van der Waals surface area contributed by atoms with Crippen molar-refractivity contribution in [1.82, 2.24) is 9.97 Å². The lowest BCUT2D eigenvalue weighted by molar-refractivity contribution is 1.20. The van der Waals surface area contributed by atoms with Crippen molar-refractivity contribution in [3.63, 3.8) is 0 Å². The molecule has 0 aliphatic rings. The van der Waals surface area contributed by atoms with E-state index >= 15 is 0 Å². The molecule has 0 saturated heterocycles. The molecular formula is C16H15N3. The summed E-state index contributed by atoms with van der Waals surface area (Å²) >= 11 is 0. The summed E-state index contributed by atoms with van der Waals surface area (Å²) in [5.41, 5.74) is 4.07. The van der Waals surface area contributed by atoms with E-state index in [-0.39, 0.29) is 0 Å². The van der Waals surface area contributed by atoms with Gasteiger partial charge in [0.25, 0.3) is 0 Å². The summed E-state index contributed by atoms with van der Waals surface area (Å²) in [7, 11) is 0. The second-order valence-corrected chi connectivity index (χ2v) is 4.38. The van der Waals surface area contributed by atoms with Gasteiger partial charge in [0.05, 0.1) is 11.2 Å². The smallest absolute Gasteiger partial charge is 0.0738 e. The third kappa shape index (κ3) is 2.40. The first-order valence-electron chi connectivity index (χ1n) is 6.42. The Morgan fingerprint density at radius 1 is 1.05 bits per heavy atom. The van der Waals surface area contributed by atoms with Crippen LogP contribution >= 0.6 is 0 Å². The number of fused-ring (bicyclic) bond motifs is 1. The molecule has 1 aromatic carbocycles. The van der Waals surface area contributed by atoms with Crippen molar-refractivity contribution in [2.45, 2.75) is 6.92 Å². The van der Waals surface area contributed by atoms with Crippen LogP contribution in [0.25, 0.3) is 22.2 Å². The van der Waals surface area contributed by atoms with Gasteiger partial charge in [-0.15, -0.1) is 0 Å². The predicted octanol–water partition coefficient (Wildman–Crippen LogP) is 3.73. The monoisotopic (exact) mass is 249 g/mol. The van der Waals surface area contributed by atoms with E-state index in [1.54, 1.807) is 0 Å². The quantitative estimate of drug-likeness (QED) is 0.768. The minimum Gasteiger partial charge on any atom is -0.385 e. The van der Waals surface area contributed by atoms with Crippen LogP contribution in [0.5, 0.6) is 0 Å². The SMILES string of the molecule is CCNc1ccnc(-c2cnc3ccccc3c2)c1. The van der Waals surface area contributed by atoms with Crippen molar-refractivity contribution in [3.8, 4) is 11.3 Å². The Hall–Kier alpha value is -2.42. The van der Waals surface area contributed by atoms with Crippen LogP contribution in [0.15, 0.2) is 54.9 Å². The van der Waals surface area contributed by atoms with Crippen molar-refractivity contribution < 1.29 is 0 Å². The first-order chi connectivity index (χ1) is 9.36. The zero-order valence-corrected chi connectivity index (χ0v) is 10.8. The van der Waals surface area contributed by atoms with Crippen LogP contribution in [-0.4, -0.2) is 16.5 Å². The lowest BCUT2D eigenvalue weighted by Crippen LogP contribution is -1.97. The molecule has 0 unspecified atom stereocenters. The Balaban J connectivity index is 2.05. The zero-order valence-electron chi connectivity index (χ0n) is 10.8. The van der Waals surface area contributed by atoms with Gasteiger partial charge in [-0.25, -0.2) is 0 Å². The van der Waals surface area contributed by atoms with Gasteiger partial charge in [-0.05, 0) is 31.2 Å². The Kier molecular flexibility index (Phi) is 3.11. The molecule has 0 amide bonds. The minimum absolute atomic E-state index is 0.902. The van der Waals surface area contributed by atoms with E-state index in [4.69, 9.17) is 0 Å². The predicted molar refractivity (Wildman–Crippen MR) is 79.1 cm³/mol. The van der Waals surface area contributed by atoms with Crippen LogP contribution in [-0.2, 0) is 0 Å². The van der Waals surface area contributed by atoms with Gasteiger partial charge in [0.15, 0.2) is 0 Å². The molecule has 0 fully saturated rings. The second-order valence-electron chi connectivity index (χ2n) is 4.38. The molecule has 0 radical (unpaired) electrons. The Labute approximate surface area is 112 Å². The fourth-order valence-corrected chi connectivity index (χ4v) is 2.11. The van der Waals surface area contributed by atoms with E-state index in [1.165, 1.54) is 0 Å². The van der Waals surface area contributed by atoms with Crippen molar-refractivity contribution in [1.29, 1.82) is 0 Å². The molecule has 94 valence electrons. The Morgan fingerprint density at radius 3 is 2.84 bits per heavy atom. The van der Waals surface area contributed by atoms with Crippen LogP contribution in [0, 0.1) is 0 Å². The van der Waals surface area contributed by atoms with Crippen LogP contribution < -0.4 is 5.32 Å². The summed E-state index contributed by atoms with van der Waals surface area (Å²) in [5.74, 6) is 0. The van der Waals surface area contributed by atoms with E-state index in [2.05, 4.69) is 40.4 Å². The van der Waals surface area contributed by atoms with E-state index in [0.29, 0.717) is 0 Å². The number of para-hydroxylation sites is 1. The van der Waals surface area contributed by atoms with Crippen LogP contribution in [0.4, 0.5) is 5.69 Å². The second kappa shape index (κ2) is 5.06. The highest BCUT2D eigenvalue weighted by Gasteiger charge is 2.02. The molecule has 3 heteroatoms. The maximum atomic E-state index is 4.47. The molecule has 2 aromatic heterocycles. The van der Waals surface area contributed by atoms with Crippen molar-refractivity contribution in [3.05, 3.63) is 54.9 Å². The van der Waals surface area contributed by atoms with E-state index in [9.17, 15) is 0 Å². The van der Waals surface area contributed by atoms with Gasteiger partial charge >= 0.3 is 0 Å².